The van der Waals surface area contributed by atoms with Crippen molar-refractivity contribution in [3.8, 4) is 0 Å². The maximum atomic E-state index is 13.1. The average Bonchev–Trinajstić information content (AvgIpc) is 2.58. The van der Waals surface area contributed by atoms with Crippen molar-refractivity contribution in [3.63, 3.8) is 0 Å². The first-order chi connectivity index (χ1) is 11.5. The molecule has 0 saturated carbocycles. The van der Waals surface area contributed by atoms with Gasteiger partial charge in [0.25, 0.3) is 5.56 Å². The molecule has 0 aliphatic heterocycles. The van der Waals surface area contributed by atoms with Gasteiger partial charge in [-0.3, -0.25) is 14.2 Å². The number of aromatic nitrogens is 2. The molecule has 1 heterocycles. The van der Waals surface area contributed by atoms with Gasteiger partial charge < -0.3 is 5.32 Å². The third kappa shape index (κ3) is 3.29. The van der Waals surface area contributed by atoms with Crippen LogP contribution in [0.25, 0.3) is 10.9 Å². The summed E-state index contributed by atoms with van der Waals surface area (Å²) in [6.07, 6.45) is 1.38. The highest BCUT2D eigenvalue weighted by Crippen LogP contribution is 2.13. The van der Waals surface area contributed by atoms with E-state index in [2.05, 4.69) is 10.3 Å². The van der Waals surface area contributed by atoms with E-state index in [0.29, 0.717) is 10.9 Å². The highest BCUT2D eigenvalue weighted by molar-refractivity contribution is 5.90. The number of amides is 1. The minimum absolute atomic E-state index is 0.00107. The zero-order chi connectivity index (χ0) is 17.1. The number of fused-ring (bicyclic) bond motifs is 1. The molecule has 7 heteroatoms. The van der Waals surface area contributed by atoms with Crippen LogP contribution in [0, 0.1) is 11.6 Å². The molecule has 0 saturated heterocycles. The molecule has 3 aromatic rings. The van der Waals surface area contributed by atoms with E-state index in [9.17, 15) is 18.4 Å². The standard InChI is InChI=1S/C17H13F2N3O2/c18-13-6-5-11(9-14(13)19)21-16(23)7-8-22-10-20-15-4-2-1-3-12(15)17(22)24/h1-6,9-10H,7-8H2,(H,21,23). The molecule has 3 rings (SSSR count). The van der Waals surface area contributed by atoms with E-state index in [-0.39, 0.29) is 24.2 Å². The second-order valence-corrected chi connectivity index (χ2v) is 5.19. The topological polar surface area (TPSA) is 64.0 Å². The highest BCUT2D eigenvalue weighted by Gasteiger charge is 2.08. The van der Waals surface area contributed by atoms with Crippen LogP contribution in [0.1, 0.15) is 6.42 Å². The molecular formula is C17H13F2N3O2. The van der Waals surface area contributed by atoms with Gasteiger partial charge in [0.15, 0.2) is 11.6 Å². The minimum atomic E-state index is -1.04. The van der Waals surface area contributed by atoms with E-state index < -0.39 is 17.5 Å². The van der Waals surface area contributed by atoms with Crippen molar-refractivity contribution in [2.24, 2.45) is 0 Å². The molecule has 0 fully saturated rings. The number of anilines is 1. The van der Waals surface area contributed by atoms with Crippen LogP contribution in [0.2, 0.25) is 0 Å². The van der Waals surface area contributed by atoms with Gasteiger partial charge in [-0.15, -0.1) is 0 Å². The zero-order valence-electron chi connectivity index (χ0n) is 12.5. The number of nitrogens with zero attached hydrogens (tertiary/aromatic N) is 2. The Labute approximate surface area is 135 Å². The Balaban J connectivity index is 1.69. The van der Waals surface area contributed by atoms with Gasteiger partial charge in [-0.1, -0.05) is 12.1 Å². The molecular weight excluding hydrogens is 316 g/mol. The second kappa shape index (κ2) is 6.57. The van der Waals surface area contributed by atoms with E-state index in [1.165, 1.54) is 17.0 Å². The third-order valence-electron chi connectivity index (χ3n) is 3.51. The fraction of sp³-hybridized carbons (Fsp3) is 0.118. The van der Waals surface area contributed by atoms with Crippen molar-refractivity contribution in [1.82, 2.24) is 9.55 Å². The van der Waals surface area contributed by atoms with Crippen LogP contribution in [-0.4, -0.2) is 15.5 Å². The predicted molar refractivity (Wildman–Crippen MR) is 85.6 cm³/mol. The molecule has 0 radical (unpaired) electrons. The number of halogens is 2. The van der Waals surface area contributed by atoms with Gasteiger partial charge in [-0.05, 0) is 24.3 Å². The molecule has 24 heavy (non-hydrogen) atoms. The molecule has 1 N–H and O–H groups in total. The number of benzene rings is 2. The van der Waals surface area contributed by atoms with Gasteiger partial charge in [-0.25, -0.2) is 13.8 Å². The van der Waals surface area contributed by atoms with Crippen LogP contribution >= 0.6 is 0 Å². The van der Waals surface area contributed by atoms with Gasteiger partial charge in [0, 0.05) is 24.7 Å². The Bertz CT molecular complexity index is 969. The summed E-state index contributed by atoms with van der Waals surface area (Å²) < 4.78 is 27.3. The molecule has 0 aliphatic carbocycles. The maximum Gasteiger partial charge on any atom is 0.261 e. The lowest BCUT2D eigenvalue weighted by Gasteiger charge is -2.08. The highest BCUT2D eigenvalue weighted by atomic mass is 19.2. The van der Waals surface area contributed by atoms with Gasteiger partial charge in [0.1, 0.15) is 0 Å². The summed E-state index contributed by atoms with van der Waals surface area (Å²) in [6, 6.07) is 10.0. The lowest BCUT2D eigenvalue weighted by atomic mass is 10.2. The number of para-hydroxylation sites is 1. The predicted octanol–water partition coefficient (Wildman–Crippen LogP) is 2.70. The Morgan fingerprint density at radius 1 is 1.12 bits per heavy atom. The Morgan fingerprint density at radius 2 is 1.92 bits per heavy atom. The summed E-state index contributed by atoms with van der Waals surface area (Å²) in [4.78, 5) is 28.3. The van der Waals surface area contributed by atoms with Crippen molar-refractivity contribution in [1.29, 1.82) is 0 Å². The third-order valence-corrected chi connectivity index (χ3v) is 3.51. The summed E-state index contributed by atoms with van der Waals surface area (Å²) in [5.74, 6) is -2.44. The summed E-state index contributed by atoms with van der Waals surface area (Å²) in [7, 11) is 0. The Morgan fingerprint density at radius 3 is 2.71 bits per heavy atom. The summed E-state index contributed by atoms with van der Waals surface area (Å²) in [5, 5.41) is 2.93. The van der Waals surface area contributed by atoms with E-state index in [1.54, 1.807) is 24.3 Å². The molecule has 1 aromatic heterocycles. The van der Waals surface area contributed by atoms with E-state index >= 15 is 0 Å². The molecule has 1 amide bonds. The first-order valence-electron chi connectivity index (χ1n) is 7.23. The maximum absolute atomic E-state index is 13.1. The van der Waals surface area contributed by atoms with Crippen LogP contribution in [0.15, 0.2) is 53.6 Å². The number of hydrogen-bond donors (Lipinski definition) is 1. The molecule has 122 valence electrons. The summed E-state index contributed by atoms with van der Waals surface area (Å²) >= 11 is 0. The normalized spacial score (nSPS) is 10.8. The number of rotatable bonds is 4. The van der Waals surface area contributed by atoms with Crippen LogP contribution in [0.4, 0.5) is 14.5 Å². The van der Waals surface area contributed by atoms with Gasteiger partial charge >= 0.3 is 0 Å². The Hall–Kier alpha value is -3.09. The molecule has 0 atom stereocenters. The lowest BCUT2D eigenvalue weighted by molar-refractivity contribution is -0.116. The van der Waals surface area contributed by atoms with Crippen molar-refractivity contribution in [2.45, 2.75) is 13.0 Å². The molecule has 0 spiro atoms. The number of hydrogen-bond acceptors (Lipinski definition) is 3. The fourth-order valence-corrected chi connectivity index (χ4v) is 2.28. The Kier molecular flexibility index (Phi) is 4.33. The second-order valence-electron chi connectivity index (χ2n) is 5.19. The molecule has 5 nitrogen and oxygen atoms in total. The van der Waals surface area contributed by atoms with Crippen molar-refractivity contribution in [2.75, 3.05) is 5.32 Å². The summed E-state index contributed by atoms with van der Waals surface area (Å²) in [5.41, 5.74) is 0.508. The van der Waals surface area contributed by atoms with Gasteiger partial charge in [0.2, 0.25) is 5.91 Å². The minimum Gasteiger partial charge on any atom is -0.326 e. The van der Waals surface area contributed by atoms with E-state index in [1.807, 2.05) is 0 Å². The molecule has 0 aliphatic rings. The lowest BCUT2D eigenvalue weighted by Crippen LogP contribution is -2.23. The molecule has 0 bridgehead atoms. The van der Waals surface area contributed by atoms with E-state index in [0.717, 1.165) is 12.1 Å². The van der Waals surface area contributed by atoms with Crippen molar-refractivity contribution in [3.05, 3.63) is 70.8 Å². The number of aryl methyl sites for hydroxylation is 1. The average molecular weight is 329 g/mol. The van der Waals surface area contributed by atoms with Crippen LogP contribution in [-0.2, 0) is 11.3 Å². The monoisotopic (exact) mass is 329 g/mol. The SMILES string of the molecule is O=C(CCn1cnc2ccccc2c1=O)Nc1ccc(F)c(F)c1. The van der Waals surface area contributed by atoms with Gasteiger partial charge in [-0.2, -0.15) is 0 Å². The number of carbonyl (C=O) groups is 1. The number of carbonyl (C=O) groups excluding carboxylic acids is 1. The van der Waals surface area contributed by atoms with Crippen LogP contribution in [0.5, 0.6) is 0 Å². The van der Waals surface area contributed by atoms with Crippen LogP contribution in [0.3, 0.4) is 0 Å². The van der Waals surface area contributed by atoms with E-state index in [4.69, 9.17) is 0 Å². The quantitative estimate of drug-likeness (QED) is 0.800. The van der Waals surface area contributed by atoms with Crippen molar-refractivity contribution >= 4 is 22.5 Å². The number of nitrogens with one attached hydrogen (secondary N) is 1. The molecule has 0 unspecified atom stereocenters. The van der Waals surface area contributed by atoms with Crippen molar-refractivity contribution < 1.29 is 13.6 Å². The fourth-order valence-electron chi connectivity index (χ4n) is 2.28. The first kappa shape index (κ1) is 15.8. The first-order valence-corrected chi connectivity index (χ1v) is 7.23. The largest absolute Gasteiger partial charge is 0.326 e. The zero-order valence-corrected chi connectivity index (χ0v) is 12.5. The summed E-state index contributed by atoms with van der Waals surface area (Å²) in [6.45, 7) is 0.131. The van der Waals surface area contributed by atoms with Gasteiger partial charge in [0.05, 0.1) is 17.2 Å². The molecule has 2 aromatic carbocycles. The smallest absolute Gasteiger partial charge is 0.261 e. The van der Waals surface area contributed by atoms with Crippen LogP contribution < -0.4 is 10.9 Å².